The third-order valence-corrected chi connectivity index (χ3v) is 5.03. The van der Waals surface area contributed by atoms with E-state index in [4.69, 9.17) is 4.42 Å². The predicted octanol–water partition coefficient (Wildman–Crippen LogP) is 2.81. The van der Waals surface area contributed by atoms with E-state index in [1.807, 2.05) is 13.0 Å². The number of anilines is 2. The molecule has 2 amide bonds. The Balaban J connectivity index is 1.59. The van der Waals surface area contributed by atoms with Crippen molar-refractivity contribution in [2.45, 2.75) is 17.1 Å². The Morgan fingerprint density at radius 2 is 2.04 bits per heavy atom. The summed E-state index contributed by atoms with van der Waals surface area (Å²) in [5.74, 6) is -0.939. The second-order valence-electron chi connectivity index (χ2n) is 5.64. The number of H-pyrrole nitrogens is 1. The first kappa shape index (κ1) is 15.5. The minimum atomic E-state index is -0.546. The molecule has 1 aliphatic heterocycles. The lowest BCUT2D eigenvalue weighted by Gasteiger charge is -2.21. The number of rotatable bonds is 2. The van der Waals surface area contributed by atoms with Crippen molar-refractivity contribution in [2.24, 2.45) is 0 Å². The van der Waals surface area contributed by atoms with Crippen molar-refractivity contribution >= 4 is 46.1 Å². The molecular weight excluding hydrogens is 342 g/mol. The Hall–Kier alpha value is -3.00. The van der Waals surface area contributed by atoms with Gasteiger partial charge in [0.25, 0.3) is 5.91 Å². The van der Waals surface area contributed by atoms with Crippen molar-refractivity contribution in [2.75, 3.05) is 10.6 Å². The first-order valence-corrected chi connectivity index (χ1v) is 8.43. The molecule has 8 heteroatoms. The molecule has 25 heavy (non-hydrogen) atoms. The van der Waals surface area contributed by atoms with Gasteiger partial charge in [0.2, 0.25) is 5.91 Å². The van der Waals surface area contributed by atoms with Gasteiger partial charge in [-0.3, -0.25) is 14.6 Å². The summed E-state index contributed by atoms with van der Waals surface area (Å²) in [4.78, 5) is 38.9. The van der Waals surface area contributed by atoms with Gasteiger partial charge in [0.15, 0.2) is 5.58 Å². The van der Waals surface area contributed by atoms with E-state index in [-0.39, 0.29) is 17.1 Å². The normalized spacial score (nSPS) is 16.4. The smallest absolute Gasteiger partial charge is 0.408 e. The molecule has 1 aromatic heterocycles. The van der Waals surface area contributed by atoms with Gasteiger partial charge >= 0.3 is 5.76 Å². The molecule has 0 saturated carbocycles. The number of thioether (sulfide) groups is 1. The van der Waals surface area contributed by atoms with E-state index in [0.29, 0.717) is 28.0 Å². The molecule has 0 radical (unpaired) electrons. The van der Waals surface area contributed by atoms with Crippen LogP contribution in [-0.2, 0) is 4.79 Å². The summed E-state index contributed by atoms with van der Waals surface area (Å²) in [6.45, 7) is 1.83. The number of aromatic amines is 1. The minimum Gasteiger partial charge on any atom is -0.408 e. The largest absolute Gasteiger partial charge is 0.417 e. The maximum absolute atomic E-state index is 12.5. The van der Waals surface area contributed by atoms with Crippen LogP contribution in [0, 0.1) is 0 Å². The van der Waals surface area contributed by atoms with Crippen LogP contribution in [0.3, 0.4) is 0 Å². The van der Waals surface area contributed by atoms with Crippen LogP contribution in [0.25, 0.3) is 11.1 Å². The van der Waals surface area contributed by atoms with Crippen LogP contribution in [-0.4, -0.2) is 22.0 Å². The van der Waals surface area contributed by atoms with E-state index in [1.54, 1.807) is 30.3 Å². The summed E-state index contributed by atoms with van der Waals surface area (Å²) < 4.78 is 4.93. The quantitative estimate of drug-likeness (QED) is 0.656. The molecule has 0 bridgehead atoms. The Bertz CT molecular complexity index is 1070. The average Bonchev–Trinajstić information content (AvgIpc) is 2.94. The van der Waals surface area contributed by atoms with Gasteiger partial charge in [-0.2, -0.15) is 0 Å². The van der Waals surface area contributed by atoms with E-state index in [0.717, 1.165) is 4.90 Å². The summed E-state index contributed by atoms with van der Waals surface area (Å²) in [5.41, 5.74) is 2.51. The topological polar surface area (TPSA) is 104 Å². The fourth-order valence-corrected chi connectivity index (χ4v) is 3.51. The molecule has 0 spiro atoms. The van der Waals surface area contributed by atoms with Crippen LogP contribution in [0.15, 0.2) is 50.5 Å². The van der Waals surface area contributed by atoms with Crippen molar-refractivity contribution in [3.63, 3.8) is 0 Å². The van der Waals surface area contributed by atoms with Gasteiger partial charge in [0, 0.05) is 16.1 Å². The summed E-state index contributed by atoms with van der Waals surface area (Å²) >= 11 is 1.46. The lowest BCUT2D eigenvalue weighted by atomic mass is 10.1. The van der Waals surface area contributed by atoms with Crippen LogP contribution in [0.5, 0.6) is 0 Å². The zero-order valence-corrected chi connectivity index (χ0v) is 13.9. The molecule has 3 aromatic rings. The molecule has 0 saturated heterocycles. The summed E-state index contributed by atoms with van der Waals surface area (Å²) in [6.07, 6.45) is 0. The molecule has 0 aliphatic carbocycles. The van der Waals surface area contributed by atoms with Crippen LogP contribution < -0.4 is 16.4 Å². The zero-order chi connectivity index (χ0) is 17.6. The zero-order valence-electron chi connectivity index (χ0n) is 13.1. The van der Waals surface area contributed by atoms with Crippen molar-refractivity contribution in [3.8, 4) is 0 Å². The molecule has 1 unspecified atom stereocenters. The molecule has 2 heterocycles. The van der Waals surface area contributed by atoms with Gasteiger partial charge in [-0.15, -0.1) is 11.8 Å². The number of carbonyl (C=O) groups excluding carboxylic acids is 2. The van der Waals surface area contributed by atoms with Crippen molar-refractivity contribution in [1.82, 2.24) is 4.98 Å². The highest BCUT2D eigenvalue weighted by atomic mass is 32.2. The van der Waals surface area contributed by atoms with Crippen LogP contribution in [0.2, 0.25) is 0 Å². The standard InChI is InChI=1S/C17H13N3O4S/c1-8-15(21)19-12-6-9(2-5-14(12)25-8)16(22)18-10-3-4-13-11(7-10)20-17(23)24-13/h2-8H,1H3,(H,18,22)(H,19,21)(H,20,23). The highest BCUT2D eigenvalue weighted by Gasteiger charge is 2.23. The van der Waals surface area contributed by atoms with E-state index >= 15 is 0 Å². The molecular formula is C17H13N3O4S. The molecule has 3 N–H and O–H groups in total. The number of nitrogens with one attached hydrogen (secondary N) is 3. The number of carbonyl (C=O) groups is 2. The number of aromatic nitrogens is 1. The first-order valence-electron chi connectivity index (χ1n) is 7.55. The third-order valence-electron chi connectivity index (χ3n) is 3.85. The second kappa shape index (κ2) is 5.82. The van der Waals surface area contributed by atoms with Gasteiger partial charge in [-0.25, -0.2) is 4.79 Å². The molecule has 1 atom stereocenters. The first-order chi connectivity index (χ1) is 12.0. The summed E-state index contributed by atoms with van der Waals surface area (Å²) in [6, 6.07) is 10.1. The van der Waals surface area contributed by atoms with Crippen LogP contribution in [0.4, 0.5) is 11.4 Å². The molecule has 1 aliphatic rings. The Labute approximate surface area is 145 Å². The van der Waals surface area contributed by atoms with Gasteiger partial charge in [-0.1, -0.05) is 0 Å². The lowest BCUT2D eigenvalue weighted by Crippen LogP contribution is -2.26. The minimum absolute atomic E-state index is 0.0792. The molecule has 0 fully saturated rings. The van der Waals surface area contributed by atoms with Gasteiger partial charge < -0.3 is 15.1 Å². The van der Waals surface area contributed by atoms with Crippen LogP contribution >= 0.6 is 11.8 Å². The number of oxazole rings is 1. The fourth-order valence-electron chi connectivity index (χ4n) is 2.58. The van der Waals surface area contributed by atoms with Crippen molar-refractivity contribution < 1.29 is 14.0 Å². The number of fused-ring (bicyclic) bond motifs is 2. The molecule has 2 aromatic carbocycles. The molecule has 126 valence electrons. The Kier molecular flexibility index (Phi) is 3.61. The molecule has 7 nitrogen and oxygen atoms in total. The number of hydrogen-bond donors (Lipinski definition) is 3. The fraction of sp³-hybridized carbons (Fsp3) is 0.118. The maximum atomic E-state index is 12.5. The second-order valence-corrected chi connectivity index (χ2v) is 7.02. The van der Waals surface area contributed by atoms with Gasteiger partial charge in [0.05, 0.1) is 16.5 Å². The van der Waals surface area contributed by atoms with E-state index < -0.39 is 5.76 Å². The summed E-state index contributed by atoms with van der Waals surface area (Å²) in [7, 11) is 0. The average molecular weight is 355 g/mol. The van der Waals surface area contributed by atoms with E-state index in [9.17, 15) is 14.4 Å². The third kappa shape index (κ3) is 2.91. The van der Waals surface area contributed by atoms with E-state index in [1.165, 1.54) is 11.8 Å². The summed E-state index contributed by atoms with van der Waals surface area (Å²) in [5, 5.41) is 5.41. The van der Waals surface area contributed by atoms with Gasteiger partial charge in [0.1, 0.15) is 0 Å². The van der Waals surface area contributed by atoms with E-state index in [2.05, 4.69) is 15.6 Å². The van der Waals surface area contributed by atoms with Crippen molar-refractivity contribution in [3.05, 3.63) is 52.5 Å². The highest BCUT2D eigenvalue weighted by Crippen LogP contribution is 2.36. The Morgan fingerprint density at radius 1 is 1.20 bits per heavy atom. The Morgan fingerprint density at radius 3 is 2.88 bits per heavy atom. The number of hydrogen-bond acceptors (Lipinski definition) is 5. The SMILES string of the molecule is CC1Sc2ccc(C(=O)Nc3ccc4oc(=O)[nH]c4c3)cc2NC1=O. The van der Waals surface area contributed by atoms with Crippen molar-refractivity contribution in [1.29, 1.82) is 0 Å². The predicted molar refractivity (Wildman–Crippen MR) is 95.2 cm³/mol. The maximum Gasteiger partial charge on any atom is 0.417 e. The number of amides is 2. The number of benzene rings is 2. The lowest BCUT2D eigenvalue weighted by molar-refractivity contribution is -0.115. The highest BCUT2D eigenvalue weighted by molar-refractivity contribution is 8.00. The monoisotopic (exact) mass is 355 g/mol. The van der Waals surface area contributed by atoms with Gasteiger partial charge in [-0.05, 0) is 43.3 Å². The van der Waals surface area contributed by atoms with Crippen LogP contribution in [0.1, 0.15) is 17.3 Å². The molecule has 4 rings (SSSR count).